The molecule has 2 heterocycles. The van der Waals surface area contributed by atoms with Crippen molar-refractivity contribution in [2.75, 3.05) is 7.05 Å². The first-order chi connectivity index (χ1) is 17.8. The van der Waals surface area contributed by atoms with E-state index in [9.17, 15) is 23.1 Å². The van der Waals surface area contributed by atoms with E-state index in [0.29, 0.717) is 16.1 Å². The summed E-state index contributed by atoms with van der Waals surface area (Å²) < 4.78 is 26.6. The quantitative estimate of drug-likeness (QED) is 0.387. The number of carbonyl (C=O) groups is 2. The van der Waals surface area contributed by atoms with E-state index in [0.717, 1.165) is 28.0 Å². The SMILES string of the molecule is CNS(=O)(=O)c1ccc(-c2sc(C(=O)N3Cc4ccccc4C[C@H]3C(=O)O)nc2-c2ccccc2)cc1. The molecular weight excluding hydrogens is 510 g/mol. The Bertz CT molecular complexity index is 1580. The van der Waals surface area contributed by atoms with Gasteiger partial charge in [-0.15, -0.1) is 11.3 Å². The van der Waals surface area contributed by atoms with E-state index in [2.05, 4.69) is 9.71 Å². The van der Waals surface area contributed by atoms with Gasteiger partial charge in [-0.05, 0) is 35.9 Å². The maximum atomic E-state index is 13.7. The summed E-state index contributed by atoms with van der Waals surface area (Å²) in [6.45, 7) is 0.179. The van der Waals surface area contributed by atoms with Crippen LogP contribution >= 0.6 is 11.3 Å². The van der Waals surface area contributed by atoms with Crippen molar-refractivity contribution in [1.29, 1.82) is 0 Å². The molecule has 1 amide bonds. The minimum atomic E-state index is -3.60. The van der Waals surface area contributed by atoms with Crippen LogP contribution in [0.1, 0.15) is 20.9 Å². The number of fused-ring (bicyclic) bond motifs is 1. The summed E-state index contributed by atoms with van der Waals surface area (Å²) in [6.07, 6.45) is 0.225. The second-order valence-electron chi connectivity index (χ2n) is 8.55. The maximum Gasteiger partial charge on any atom is 0.326 e. The first-order valence-electron chi connectivity index (χ1n) is 11.5. The lowest BCUT2D eigenvalue weighted by atomic mass is 9.94. The van der Waals surface area contributed by atoms with Crippen molar-refractivity contribution in [1.82, 2.24) is 14.6 Å². The molecule has 188 valence electrons. The molecule has 1 atom stereocenters. The molecule has 1 aliphatic heterocycles. The average Bonchev–Trinajstić information content (AvgIpc) is 3.38. The second-order valence-corrected chi connectivity index (χ2v) is 11.4. The number of rotatable bonds is 6. The molecule has 3 aromatic carbocycles. The van der Waals surface area contributed by atoms with Crippen molar-refractivity contribution >= 4 is 33.2 Å². The summed E-state index contributed by atoms with van der Waals surface area (Å²) in [6, 6.07) is 22.2. The Morgan fingerprint density at radius 1 is 0.946 bits per heavy atom. The third-order valence-corrected chi connectivity index (χ3v) is 8.87. The molecular formula is C27H23N3O5S2. The van der Waals surface area contributed by atoms with Crippen molar-refractivity contribution in [3.05, 3.63) is 95.0 Å². The van der Waals surface area contributed by atoms with Crippen molar-refractivity contribution < 1.29 is 23.1 Å². The Balaban J connectivity index is 1.57. The van der Waals surface area contributed by atoms with Crippen molar-refractivity contribution in [2.24, 2.45) is 0 Å². The fourth-order valence-corrected chi connectivity index (χ4v) is 6.16. The van der Waals surface area contributed by atoms with Gasteiger partial charge in [0.1, 0.15) is 6.04 Å². The number of carboxylic acids is 1. The van der Waals surface area contributed by atoms with Crippen LogP contribution < -0.4 is 4.72 Å². The van der Waals surface area contributed by atoms with Crippen molar-refractivity contribution in [3.8, 4) is 21.7 Å². The fourth-order valence-electron chi connectivity index (χ4n) is 4.38. The zero-order valence-electron chi connectivity index (χ0n) is 19.8. The zero-order chi connectivity index (χ0) is 26.2. The van der Waals surface area contributed by atoms with Crippen LogP contribution in [-0.4, -0.2) is 48.4 Å². The number of hydrogen-bond acceptors (Lipinski definition) is 6. The molecule has 2 N–H and O–H groups in total. The second kappa shape index (κ2) is 9.89. The van der Waals surface area contributed by atoms with Gasteiger partial charge in [0.05, 0.1) is 15.5 Å². The highest BCUT2D eigenvalue weighted by Crippen LogP contribution is 2.38. The van der Waals surface area contributed by atoms with Gasteiger partial charge in [0.25, 0.3) is 5.91 Å². The summed E-state index contributed by atoms with van der Waals surface area (Å²) in [5, 5.41) is 10.1. The van der Waals surface area contributed by atoms with Crippen LogP contribution in [0.2, 0.25) is 0 Å². The number of amides is 1. The van der Waals surface area contributed by atoms with Gasteiger partial charge in [0.2, 0.25) is 10.0 Å². The van der Waals surface area contributed by atoms with E-state index in [-0.39, 0.29) is 22.9 Å². The van der Waals surface area contributed by atoms with Crippen LogP contribution in [0.5, 0.6) is 0 Å². The number of benzene rings is 3. The molecule has 8 nitrogen and oxygen atoms in total. The molecule has 1 aliphatic rings. The molecule has 0 saturated carbocycles. The van der Waals surface area contributed by atoms with Crippen LogP contribution in [0.3, 0.4) is 0 Å². The number of thiazole rings is 1. The lowest BCUT2D eigenvalue weighted by Crippen LogP contribution is -2.48. The van der Waals surface area contributed by atoms with Gasteiger partial charge in [0, 0.05) is 18.5 Å². The fraction of sp³-hybridized carbons (Fsp3) is 0.148. The highest BCUT2D eigenvalue weighted by atomic mass is 32.2. The third-order valence-electron chi connectivity index (χ3n) is 6.35. The van der Waals surface area contributed by atoms with Crippen LogP contribution in [0.25, 0.3) is 21.7 Å². The molecule has 37 heavy (non-hydrogen) atoms. The van der Waals surface area contributed by atoms with Crippen LogP contribution in [0.4, 0.5) is 0 Å². The van der Waals surface area contributed by atoms with E-state index >= 15 is 0 Å². The number of aromatic nitrogens is 1. The van der Waals surface area contributed by atoms with Crippen molar-refractivity contribution in [2.45, 2.75) is 23.9 Å². The van der Waals surface area contributed by atoms with Gasteiger partial charge in [0.15, 0.2) is 5.01 Å². The lowest BCUT2D eigenvalue weighted by molar-refractivity contribution is -0.142. The van der Waals surface area contributed by atoms with Gasteiger partial charge < -0.3 is 10.0 Å². The molecule has 1 aromatic heterocycles. The van der Waals surface area contributed by atoms with E-state index in [1.807, 2.05) is 54.6 Å². The van der Waals surface area contributed by atoms with Crippen LogP contribution in [0, 0.1) is 0 Å². The van der Waals surface area contributed by atoms with Gasteiger partial charge in [-0.1, -0.05) is 66.7 Å². The smallest absolute Gasteiger partial charge is 0.326 e. The third kappa shape index (κ3) is 4.78. The predicted molar refractivity (Wildman–Crippen MR) is 141 cm³/mol. The topological polar surface area (TPSA) is 117 Å². The summed E-state index contributed by atoms with van der Waals surface area (Å²) in [5.74, 6) is -1.52. The molecule has 0 fully saturated rings. The number of carbonyl (C=O) groups excluding carboxylic acids is 1. The Kier molecular flexibility index (Phi) is 6.63. The summed E-state index contributed by atoms with van der Waals surface area (Å²) >= 11 is 1.16. The lowest BCUT2D eigenvalue weighted by Gasteiger charge is -2.33. The maximum absolute atomic E-state index is 13.7. The Morgan fingerprint density at radius 3 is 2.24 bits per heavy atom. The van der Waals surface area contributed by atoms with Gasteiger partial charge in [-0.2, -0.15) is 0 Å². The predicted octanol–water partition coefficient (Wildman–Crippen LogP) is 4.04. The molecule has 0 unspecified atom stereocenters. The number of hydrogen-bond donors (Lipinski definition) is 2. The van der Waals surface area contributed by atoms with Crippen LogP contribution in [-0.2, 0) is 27.8 Å². The number of nitrogens with one attached hydrogen (secondary N) is 1. The minimum absolute atomic E-state index is 0.122. The van der Waals surface area contributed by atoms with Gasteiger partial charge in [-0.3, -0.25) is 4.79 Å². The molecule has 0 radical (unpaired) electrons. The molecule has 0 bridgehead atoms. The standard InChI is InChI=1S/C27H23N3O5S2/c1-28-37(34,35)21-13-11-18(12-14-21)24-23(17-7-3-2-4-8-17)29-25(36-24)26(31)30-16-20-10-6-5-9-19(20)15-22(30)27(32)33/h2-14,22,28H,15-16H2,1H3,(H,32,33)/t22-/m0/s1. The van der Waals surface area contributed by atoms with E-state index in [1.54, 1.807) is 12.1 Å². The molecule has 0 spiro atoms. The average molecular weight is 534 g/mol. The molecule has 10 heteroatoms. The summed E-state index contributed by atoms with van der Waals surface area (Å²) in [7, 11) is -2.25. The Hall–Kier alpha value is -3.86. The first-order valence-corrected chi connectivity index (χ1v) is 13.8. The van der Waals surface area contributed by atoms with E-state index in [1.165, 1.54) is 24.1 Å². The van der Waals surface area contributed by atoms with Gasteiger partial charge in [-0.25, -0.2) is 22.9 Å². The minimum Gasteiger partial charge on any atom is -0.480 e. The first kappa shape index (κ1) is 24.8. The van der Waals surface area contributed by atoms with Gasteiger partial charge >= 0.3 is 5.97 Å². The van der Waals surface area contributed by atoms with Crippen LogP contribution in [0.15, 0.2) is 83.8 Å². The monoisotopic (exact) mass is 533 g/mol. The largest absolute Gasteiger partial charge is 0.480 e. The normalized spacial score (nSPS) is 15.3. The van der Waals surface area contributed by atoms with E-state index in [4.69, 9.17) is 0 Å². The summed E-state index contributed by atoms with van der Waals surface area (Å²) in [4.78, 5) is 32.6. The molecule has 5 rings (SSSR count). The number of nitrogens with zero attached hydrogens (tertiary/aromatic N) is 2. The Morgan fingerprint density at radius 2 is 1.59 bits per heavy atom. The van der Waals surface area contributed by atoms with Crippen molar-refractivity contribution in [3.63, 3.8) is 0 Å². The highest BCUT2D eigenvalue weighted by Gasteiger charge is 2.36. The summed E-state index contributed by atoms with van der Waals surface area (Å²) in [5.41, 5.74) is 3.89. The number of aliphatic carboxylic acids is 1. The zero-order valence-corrected chi connectivity index (χ0v) is 21.4. The molecule has 0 aliphatic carbocycles. The highest BCUT2D eigenvalue weighted by molar-refractivity contribution is 7.89. The number of carboxylic acid groups (broad SMARTS) is 1. The van der Waals surface area contributed by atoms with E-state index < -0.39 is 27.9 Å². The molecule has 0 saturated heterocycles. The number of sulfonamides is 1. The molecule has 4 aromatic rings. The Labute approximate surface area is 218 Å².